The number of alkyl halides is 2. The molecule has 0 nitrogen and oxygen atoms in total. The maximum atomic E-state index is 14.1. The van der Waals surface area contributed by atoms with Crippen LogP contribution in [0, 0.1) is 5.82 Å². The van der Waals surface area contributed by atoms with Gasteiger partial charge in [0.25, 0.3) is 0 Å². The molecule has 0 heterocycles. The Bertz CT molecular complexity index is 568. The molecule has 0 bridgehead atoms. The Kier molecular flexibility index (Phi) is 5.65. The van der Waals surface area contributed by atoms with E-state index in [0.29, 0.717) is 17.0 Å². The molecule has 0 aliphatic heterocycles. The molecule has 0 spiro atoms. The maximum Gasteiger partial charge on any atom is 0.127 e. The fourth-order valence-corrected chi connectivity index (χ4v) is 4.34. The Labute approximate surface area is 140 Å². The van der Waals surface area contributed by atoms with E-state index in [4.69, 9.17) is 11.6 Å². The van der Waals surface area contributed by atoms with Crippen molar-refractivity contribution in [2.24, 2.45) is 0 Å². The van der Waals surface area contributed by atoms with Gasteiger partial charge in [-0.25, -0.2) is 4.39 Å². The van der Waals surface area contributed by atoms with Crippen LogP contribution in [0.3, 0.4) is 0 Å². The largest absolute Gasteiger partial charge is 0.207 e. The second-order valence-corrected chi connectivity index (χ2v) is 6.38. The number of rotatable bonds is 5. The van der Waals surface area contributed by atoms with E-state index in [9.17, 15) is 4.39 Å². The quantitative estimate of drug-likeness (QED) is 0.541. The van der Waals surface area contributed by atoms with Crippen LogP contribution in [0.25, 0.3) is 0 Å². The van der Waals surface area contributed by atoms with Gasteiger partial charge in [-0.3, -0.25) is 0 Å². The SMILES string of the molecule is Fc1cc(Cl)ccc1CC(CBr)(CBr)c1ccccc1. The summed E-state index contributed by atoms with van der Waals surface area (Å²) in [6.07, 6.45) is 0.608. The van der Waals surface area contributed by atoms with Crippen molar-refractivity contribution in [3.05, 3.63) is 70.5 Å². The predicted octanol–water partition coefficient (Wildman–Crippen LogP) is 5.75. The highest BCUT2D eigenvalue weighted by molar-refractivity contribution is 9.09. The van der Waals surface area contributed by atoms with Crippen LogP contribution < -0.4 is 0 Å². The normalized spacial score (nSPS) is 11.6. The molecule has 106 valence electrons. The fraction of sp³-hybridized carbons (Fsp3) is 0.250. The van der Waals surface area contributed by atoms with Crippen LogP contribution in [-0.4, -0.2) is 10.7 Å². The highest BCUT2D eigenvalue weighted by Gasteiger charge is 2.31. The molecule has 0 aromatic heterocycles. The van der Waals surface area contributed by atoms with Crippen LogP contribution in [0.4, 0.5) is 4.39 Å². The minimum atomic E-state index is -0.250. The molecule has 0 radical (unpaired) electrons. The van der Waals surface area contributed by atoms with Gasteiger partial charge in [0.2, 0.25) is 0 Å². The smallest absolute Gasteiger partial charge is 0.127 e. The summed E-state index contributed by atoms with van der Waals surface area (Å²) in [6.45, 7) is 0. The second-order valence-electron chi connectivity index (χ2n) is 4.83. The van der Waals surface area contributed by atoms with Gasteiger partial charge < -0.3 is 0 Å². The number of halogens is 4. The van der Waals surface area contributed by atoms with Crippen molar-refractivity contribution in [2.75, 3.05) is 10.7 Å². The summed E-state index contributed by atoms with van der Waals surface area (Å²) in [5, 5.41) is 1.92. The molecular weight excluding hydrogens is 406 g/mol. The first kappa shape index (κ1) is 16.0. The highest BCUT2D eigenvalue weighted by atomic mass is 79.9. The summed E-state index contributed by atoms with van der Waals surface area (Å²) < 4.78 is 14.1. The first-order chi connectivity index (χ1) is 9.61. The summed E-state index contributed by atoms with van der Waals surface area (Å²) in [4.78, 5) is 0. The topological polar surface area (TPSA) is 0 Å². The molecule has 0 N–H and O–H groups in total. The lowest BCUT2D eigenvalue weighted by Crippen LogP contribution is -2.33. The molecule has 4 heteroatoms. The van der Waals surface area contributed by atoms with Gasteiger partial charge in [0.05, 0.1) is 0 Å². The van der Waals surface area contributed by atoms with E-state index in [-0.39, 0.29) is 11.2 Å². The lowest BCUT2D eigenvalue weighted by molar-refractivity contribution is 0.523. The first-order valence-electron chi connectivity index (χ1n) is 6.23. The fourth-order valence-electron chi connectivity index (χ4n) is 2.21. The van der Waals surface area contributed by atoms with E-state index in [1.54, 1.807) is 12.1 Å². The Morgan fingerprint density at radius 3 is 2.20 bits per heavy atom. The van der Waals surface area contributed by atoms with E-state index in [0.717, 1.165) is 10.7 Å². The van der Waals surface area contributed by atoms with Crippen molar-refractivity contribution >= 4 is 43.5 Å². The molecule has 2 aromatic carbocycles. The van der Waals surface area contributed by atoms with Crippen LogP contribution >= 0.6 is 43.5 Å². The molecule has 0 saturated heterocycles. The number of hydrogen-bond donors (Lipinski definition) is 0. The van der Waals surface area contributed by atoms with E-state index in [2.05, 4.69) is 44.0 Å². The summed E-state index contributed by atoms with van der Waals surface area (Å²) in [5.74, 6) is -0.250. The van der Waals surface area contributed by atoms with Crippen molar-refractivity contribution in [2.45, 2.75) is 11.8 Å². The Morgan fingerprint density at radius 2 is 1.65 bits per heavy atom. The van der Waals surface area contributed by atoms with Gasteiger partial charge in [-0.15, -0.1) is 0 Å². The lowest BCUT2D eigenvalue weighted by Gasteiger charge is -2.31. The number of benzene rings is 2. The van der Waals surface area contributed by atoms with Gasteiger partial charge in [-0.2, -0.15) is 0 Å². The molecular formula is C16H14Br2ClF. The van der Waals surface area contributed by atoms with Gasteiger partial charge in [-0.1, -0.05) is 79.9 Å². The second kappa shape index (κ2) is 7.06. The molecule has 0 fully saturated rings. The molecule has 0 unspecified atom stereocenters. The minimum absolute atomic E-state index is 0.185. The van der Waals surface area contributed by atoms with Crippen molar-refractivity contribution < 1.29 is 4.39 Å². The zero-order valence-corrected chi connectivity index (χ0v) is 14.7. The van der Waals surface area contributed by atoms with Crippen molar-refractivity contribution in [1.29, 1.82) is 0 Å². The van der Waals surface area contributed by atoms with Gasteiger partial charge in [0.1, 0.15) is 5.82 Å². The average Bonchev–Trinajstić information content (AvgIpc) is 2.48. The third-order valence-corrected chi connectivity index (χ3v) is 5.82. The van der Waals surface area contributed by atoms with Crippen LogP contribution in [-0.2, 0) is 11.8 Å². The Morgan fingerprint density at radius 1 is 1.00 bits per heavy atom. The van der Waals surface area contributed by atoms with Gasteiger partial charge in [-0.05, 0) is 29.7 Å². The summed E-state index contributed by atoms with van der Waals surface area (Å²) >= 11 is 13.0. The predicted molar refractivity (Wildman–Crippen MR) is 90.8 cm³/mol. The molecule has 0 amide bonds. The van der Waals surface area contributed by atoms with E-state index < -0.39 is 0 Å². The van der Waals surface area contributed by atoms with Crippen LogP contribution in [0.2, 0.25) is 5.02 Å². The number of hydrogen-bond acceptors (Lipinski definition) is 0. The molecule has 20 heavy (non-hydrogen) atoms. The van der Waals surface area contributed by atoms with Gasteiger partial charge >= 0.3 is 0 Å². The molecule has 2 rings (SSSR count). The van der Waals surface area contributed by atoms with Gasteiger partial charge in [0, 0.05) is 21.1 Å². The zero-order chi connectivity index (χ0) is 14.6. The first-order valence-corrected chi connectivity index (χ1v) is 8.85. The monoisotopic (exact) mass is 418 g/mol. The van der Waals surface area contributed by atoms with Crippen LogP contribution in [0.15, 0.2) is 48.5 Å². The molecule has 0 saturated carbocycles. The van der Waals surface area contributed by atoms with Crippen molar-refractivity contribution in [1.82, 2.24) is 0 Å². The highest BCUT2D eigenvalue weighted by Crippen LogP contribution is 2.33. The van der Waals surface area contributed by atoms with Crippen LogP contribution in [0.1, 0.15) is 11.1 Å². The van der Waals surface area contributed by atoms with E-state index >= 15 is 0 Å². The maximum absolute atomic E-state index is 14.1. The Balaban J connectivity index is 2.39. The minimum Gasteiger partial charge on any atom is -0.207 e. The third kappa shape index (κ3) is 3.44. The van der Waals surface area contributed by atoms with Crippen LogP contribution in [0.5, 0.6) is 0 Å². The standard InChI is InChI=1S/C16H14Br2ClF/c17-10-16(11-18,13-4-2-1-3-5-13)9-12-6-7-14(19)8-15(12)20/h1-8H,9-11H2. The van der Waals surface area contributed by atoms with E-state index in [1.165, 1.54) is 11.6 Å². The van der Waals surface area contributed by atoms with Crippen molar-refractivity contribution in [3.63, 3.8) is 0 Å². The van der Waals surface area contributed by atoms with E-state index in [1.807, 2.05) is 18.2 Å². The average molecular weight is 421 g/mol. The molecule has 2 aromatic rings. The molecule has 0 aliphatic carbocycles. The molecule has 0 aliphatic rings. The summed E-state index contributed by atoms with van der Waals surface area (Å²) in [6, 6.07) is 15.0. The Hall–Kier alpha value is -0.380. The summed E-state index contributed by atoms with van der Waals surface area (Å²) in [5.41, 5.74) is 1.68. The zero-order valence-electron chi connectivity index (χ0n) is 10.8. The third-order valence-electron chi connectivity index (χ3n) is 3.44. The van der Waals surface area contributed by atoms with Crippen molar-refractivity contribution in [3.8, 4) is 0 Å². The van der Waals surface area contributed by atoms with Gasteiger partial charge in [0.15, 0.2) is 0 Å². The lowest BCUT2D eigenvalue weighted by atomic mass is 9.79. The summed E-state index contributed by atoms with van der Waals surface area (Å²) in [7, 11) is 0. The molecule has 0 atom stereocenters.